The molecular weight excluding hydrogens is 178 g/mol. The van der Waals surface area contributed by atoms with Crippen molar-refractivity contribution < 1.29 is 9.90 Å². The van der Waals surface area contributed by atoms with E-state index in [9.17, 15) is 4.79 Å². The molecule has 0 radical (unpaired) electrons. The van der Waals surface area contributed by atoms with Crippen molar-refractivity contribution in [2.45, 2.75) is 33.3 Å². The molecule has 0 saturated heterocycles. The highest BCUT2D eigenvalue weighted by Gasteiger charge is 1.97. The first-order chi connectivity index (χ1) is 6.43. The van der Waals surface area contributed by atoms with E-state index in [0.717, 1.165) is 19.5 Å². The van der Waals surface area contributed by atoms with Gasteiger partial charge in [0.2, 0.25) is 0 Å². The Labute approximate surface area is 87.4 Å². The summed E-state index contributed by atoms with van der Waals surface area (Å²) in [5.41, 5.74) is 0. The molecule has 0 aromatic rings. The molecule has 3 nitrogen and oxygen atoms in total. The van der Waals surface area contributed by atoms with Gasteiger partial charge in [0.25, 0.3) is 0 Å². The number of hydrogen-bond acceptors (Lipinski definition) is 3. The number of carbonyl (C=O) groups excluding carboxylic acids is 1. The van der Waals surface area contributed by atoms with E-state index in [1.165, 1.54) is 13.0 Å². The molecule has 0 heterocycles. The Hall–Kier alpha value is -0.670. The van der Waals surface area contributed by atoms with Crippen LogP contribution in [0.3, 0.4) is 0 Å². The van der Waals surface area contributed by atoms with Gasteiger partial charge in [-0.15, -0.1) is 0 Å². The van der Waals surface area contributed by atoms with Gasteiger partial charge in [0.1, 0.15) is 0 Å². The third-order valence-corrected chi connectivity index (χ3v) is 1.76. The van der Waals surface area contributed by atoms with Crippen LogP contribution in [0.15, 0.2) is 12.7 Å². The van der Waals surface area contributed by atoms with Gasteiger partial charge in [-0.3, -0.25) is 4.79 Å². The summed E-state index contributed by atoms with van der Waals surface area (Å²) in [4.78, 5) is 11.9. The molecule has 1 unspecified atom stereocenters. The van der Waals surface area contributed by atoms with E-state index in [1.807, 2.05) is 6.92 Å². The highest BCUT2D eigenvalue weighted by atomic mass is 16.3. The van der Waals surface area contributed by atoms with E-state index in [1.54, 1.807) is 0 Å². The largest absolute Gasteiger partial charge is 0.393 e. The van der Waals surface area contributed by atoms with Crippen LogP contribution in [0.2, 0.25) is 0 Å². The monoisotopic (exact) mass is 201 g/mol. The van der Waals surface area contributed by atoms with E-state index in [4.69, 9.17) is 5.11 Å². The summed E-state index contributed by atoms with van der Waals surface area (Å²) in [5, 5.41) is 8.87. The number of aliphatic hydroxyl groups is 1. The van der Waals surface area contributed by atoms with Gasteiger partial charge in [0.05, 0.1) is 6.10 Å². The fourth-order valence-electron chi connectivity index (χ4n) is 0.565. The molecule has 0 amide bonds. The van der Waals surface area contributed by atoms with Crippen molar-refractivity contribution in [3.63, 3.8) is 0 Å². The predicted octanol–water partition coefficient (Wildman–Crippen LogP) is 1.47. The maximum atomic E-state index is 9.69. The number of allylic oxidation sites excluding steroid dienone is 1. The minimum Gasteiger partial charge on any atom is -0.393 e. The Balaban J connectivity index is 0. The molecule has 3 heteroatoms. The second-order valence-electron chi connectivity index (χ2n) is 3.35. The van der Waals surface area contributed by atoms with Crippen LogP contribution >= 0.6 is 0 Å². The van der Waals surface area contributed by atoms with Crippen molar-refractivity contribution >= 4 is 5.78 Å². The van der Waals surface area contributed by atoms with Crippen LogP contribution in [0.4, 0.5) is 0 Å². The molecular formula is C11H23NO2. The first-order valence-electron chi connectivity index (χ1n) is 4.93. The number of rotatable bonds is 5. The molecule has 1 atom stereocenters. The Kier molecular flexibility index (Phi) is 11.7. The second-order valence-corrected chi connectivity index (χ2v) is 3.35. The van der Waals surface area contributed by atoms with Crippen molar-refractivity contribution in [1.29, 1.82) is 0 Å². The summed E-state index contributed by atoms with van der Waals surface area (Å²) < 4.78 is 0. The van der Waals surface area contributed by atoms with E-state index < -0.39 is 0 Å². The van der Waals surface area contributed by atoms with Gasteiger partial charge in [-0.05, 0) is 39.9 Å². The average Bonchev–Trinajstić information content (AvgIpc) is 2.14. The zero-order valence-electron chi connectivity index (χ0n) is 9.79. The lowest BCUT2D eigenvalue weighted by Gasteiger charge is -2.13. The third-order valence-electron chi connectivity index (χ3n) is 1.76. The third kappa shape index (κ3) is 17.4. The van der Waals surface area contributed by atoms with Crippen molar-refractivity contribution in [1.82, 2.24) is 4.90 Å². The zero-order valence-corrected chi connectivity index (χ0v) is 9.79. The van der Waals surface area contributed by atoms with Crippen molar-refractivity contribution in [3.8, 4) is 0 Å². The van der Waals surface area contributed by atoms with E-state index in [2.05, 4.69) is 25.5 Å². The first kappa shape index (κ1) is 15.8. The maximum absolute atomic E-state index is 9.69. The minimum atomic E-state index is -0.154. The van der Waals surface area contributed by atoms with Crippen LogP contribution in [-0.4, -0.2) is 42.0 Å². The minimum absolute atomic E-state index is 0.0185. The lowest BCUT2D eigenvalue weighted by molar-refractivity contribution is -0.112. The molecule has 0 aromatic heterocycles. The zero-order chi connectivity index (χ0) is 11.6. The van der Waals surface area contributed by atoms with Crippen molar-refractivity contribution in [2.75, 3.05) is 20.1 Å². The maximum Gasteiger partial charge on any atom is 0.152 e. The molecule has 0 fully saturated rings. The number of carbonyl (C=O) groups is 1. The van der Waals surface area contributed by atoms with Crippen LogP contribution in [0.5, 0.6) is 0 Å². The van der Waals surface area contributed by atoms with Gasteiger partial charge in [0.15, 0.2) is 5.78 Å². The van der Waals surface area contributed by atoms with Crippen LogP contribution in [-0.2, 0) is 4.79 Å². The lowest BCUT2D eigenvalue weighted by atomic mass is 10.3. The molecule has 84 valence electrons. The molecule has 0 aliphatic rings. The molecule has 0 aliphatic heterocycles. The number of nitrogens with zero attached hydrogens (tertiary/aromatic N) is 1. The predicted molar refractivity (Wildman–Crippen MR) is 60.3 cm³/mol. The summed E-state index contributed by atoms with van der Waals surface area (Å²) in [7, 11) is 2.06. The topological polar surface area (TPSA) is 40.5 Å². The second kappa shape index (κ2) is 10.4. The van der Waals surface area contributed by atoms with Gasteiger partial charge < -0.3 is 10.0 Å². The van der Waals surface area contributed by atoms with Crippen LogP contribution in [0.25, 0.3) is 0 Å². The van der Waals surface area contributed by atoms with Gasteiger partial charge >= 0.3 is 0 Å². The van der Waals surface area contributed by atoms with Crippen molar-refractivity contribution in [2.24, 2.45) is 0 Å². The highest BCUT2D eigenvalue weighted by Crippen LogP contribution is 1.91. The first-order valence-corrected chi connectivity index (χ1v) is 4.93. The fraction of sp³-hybridized carbons (Fsp3) is 0.727. The van der Waals surface area contributed by atoms with Crippen molar-refractivity contribution in [3.05, 3.63) is 12.7 Å². The number of hydrogen-bond donors (Lipinski definition) is 1. The van der Waals surface area contributed by atoms with E-state index >= 15 is 0 Å². The molecule has 1 N–H and O–H groups in total. The Morgan fingerprint density at radius 1 is 1.64 bits per heavy atom. The van der Waals surface area contributed by atoms with Gasteiger partial charge in [0, 0.05) is 6.54 Å². The lowest BCUT2D eigenvalue weighted by Crippen LogP contribution is -2.21. The molecule has 0 saturated carbocycles. The molecule has 0 aromatic carbocycles. The molecule has 14 heavy (non-hydrogen) atoms. The summed E-state index contributed by atoms with van der Waals surface area (Å²) in [6.07, 6.45) is 2.00. The fourth-order valence-corrected chi connectivity index (χ4v) is 0.565. The SMILES string of the molecule is C=CC(C)=O.CCN(C)CCC(C)O. The highest BCUT2D eigenvalue weighted by molar-refractivity contribution is 5.86. The van der Waals surface area contributed by atoms with Crippen LogP contribution in [0, 0.1) is 0 Å². The number of aliphatic hydroxyl groups excluding tert-OH is 1. The molecule has 0 rings (SSSR count). The molecule has 0 bridgehead atoms. The van der Waals surface area contributed by atoms with Crippen LogP contribution in [0.1, 0.15) is 27.2 Å². The van der Waals surface area contributed by atoms with E-state index in [0.29, 0.717) is 0 Å². The summed E-state index contributed by atoms with van der Waals surface area (Å²) in [6.45, 7) is 10.7. The standard InChI is InChI=1S/C7H17NO.C4H6O/c1-4-8(3)6-5-7(2)9;1-3-4(2)5/h7,9H,4-6H2,1-3H3;3H,1H2,2H3. The van der Waals surface area contributed by atoms with Gasteiger partial charge in [-0.25, -0.2) is 0 Å². The average molecular weight is 201 g/mol. The van der Waals surface area contributed by atoms with Crippen LogP contribution < -0.4 is 0 Å². The Morgan fingerprint density at radius 3 is 2.29 bits per heavy atom. The summed E-state index contributed by atoms with van der Waals surface area (Å²) >= 11 is 0. The quantitative estimate of drug-likeness (QED) is 0.685. The van der Waals surface area contributed by atoms with Gasteiger partial charge in [-0.1, -0.05) is 13.5 Å². The summed E-state index contributed by atoms with van der Waals surface area (Å²) in [5.74, 6) is 0.0185. The Bertz CT molecular complexity index is 155. The summed E-state index contributed by atoms with van der Waals surface area (Å²) in [6, 6.07) is 0. The molecule has 0 aliphatic carbocycles. The Morgan fingerprint density at radius 2 is 2.07 bits per heavy atom. The molecule has 0 spiro atoms. The smallest absolute Gasteiger partial charge is 0.152 e. The normalized spacial score (nSPS) is 11.6. The van der Waals surface area contributed by atoms with Gasteiger partial charge in [-0.2, -0.15) is 0 Å². The van der Waals surface area contributed by atoms with E-state index in [-0.39, 0.29) is 11.9 Å². The number of ketones is 1.